The van der Waals surface area contributed by atoms with Crippen LogP contribution in [0.2, 0.25) is 0 Å². The van der Waals surface area contributed by atoms with Gasteiger partial charge in [0.1, 0.15) is 12.4 Å². The molecule has 3 aromatic heterocycles. The summed E-state index contributed by atoms with van der Waals surface area (Å²) in [5.41, 5.74) is 5.59. The largest absolute Gasteiger partial charge is 0.476 e. The lowest BCUT2D eigenvalue weighted by atomic mass is 9.39. The lowest BCUT2D eigenvalue weighted by Crippen LogP contribution is -2.64. The van der Waals surface area contributed by atoms with Crippen LogP contribution in [0.1, 0.15) is 155 Å². The number of imide groups is 1. The summed E-state index contributed by atoms with van der Waals surface area (Å²) in [5, 5.41) is 24.8. The van der Waals surface area contributed by atoms with E-state index in [0.717, 1.165) is 70.5 Å². The molecule has 12 rings (SSSR count). The number of unbranched alkanes of at least 4 members (excludes halogenated alkanes) is 2. The zero-order chi connectivity index (χ0) is 72.0. The van der Waals surface area contributed by atoms with Crippen molar-refractivity contribution in [3.8, 4) is 11.1 Å². The highest BCUT2D eigenvalue weighted by molar-refractivity contribution is 7.51. The number of benzene rings is 3. The molecule has 2 unspecified atom stereocenters. The number of aromatic nitrogens is 4. The first-order chi connectivity index (χ1) is 48.1. The van der Waals surface area contributed by atoms with Gasteiger partial charge in [-0.05, 0) is 152 Å². The quantitative estimate of drug-likeness (QED) is 0.0127. The molecule has 0 saturated heterocycles. The molecular weight excluding hydrogens is 1330 g/mol. The summed E-state index contributed by atoms with van der Waals surface area (Å²) in [4.78, 5) is 137. The van der Waals surface area contributed by atoms with Crippen molar-refractivity contribution in [3.05, 3.63) is 131 Å². The topological polar surface area (TPSA) is 331 Å². The number of aromatic carboxylic acids is 1. The van der Waals surface area contributed by atoms with E-state index in [-0.39, 0.29) is 116 Å². The summed E-state index contributed by atoms with van der Waals surface area (Å²) >= 11 is 1.41. The molecule has 5 heterocycles. The van der Waals surface area contributed by atoms with E-state index in [2.05, 4.69) is 34.8 Å². The van der Waals surface area contributed by atoms with Crippen LogP contribution in [0.3, 0.4) is 0 Å². The van der Waals surface area contributed by atoms with Crippen LogP contribution < -0.4 is 20.9 Å². The number of nitrogens with zero attached hydrogens (tertiary/aromatic N) is 7. The van der Waals surface area contributed by atoms with E-state index < -0.39 is 49.3 Å². The van der Waals surface area contributed by atoms with E-state index >= 15 is 0 Å². The molecule has 0 radical (unpaired) electrons. The fraction of sp³-hybridized carbons (Fsp3) is 0.500. The van der Waals surface area contributed by atoms with Crippen molar-refractivity contribution < 1.29 is 72.0 Å². The van der Waals surface area contributed by atoms with Gasteiger partial charge in [0.15, 0.2) is 16.6 Å². The summed E-state index contributed by atoms with van der Waals surface area (Å²) in [6, 6.07) is 22.9. The number of carboxylic acids is 1. The third kappa shape index (κ3) is 18.0. The minimum atomic E-state index is -4.35. The fourth-order valence-corrected chi connectivity index (χ4v) is 18.1. The molecule has 4 bridgehead atoms. The van der Waals surface area contributed by atoms with Gasteiger partial charge in [-0.2, -0.15) is 5.10 Å². The highest BCUT2D eigenvalue weighted by Crippen LogP contribution is 2.72. The molecule has 27 heteroatoms. The third-order valence-corrected chi connectivity index (χ3v) is 22.2. The Kier molecular flexibility index (Phi) is 22.6. The Labute approximate surface area is 591 Å². The molecule has 6 N–H and O–H groups in total. The maximum absolute atomic E-state index is 13.8. The zero-order valence-corrected chi connectivity index (χ0v) is 59.9. The van der Waals surface area contributed by atoms with Gasteiger partial charge < -0.3 is 49.5 Å². The molecule has 6 amide bonds. The van der Waals surface area contributed by atoms with Gasteiger partial charge in [-0.1, -0.05) is 88.8 Å². The first kappa shape index (κ1) is 73.7. The molecule has 4 saturated carbocycles. The summed E-state index contributed by atoms with van der Waals surface area (Å²) in [7, 11) is -4.35. The maximum atomic E-state index is 13.8. The molecule has 538 valence electrons. The molecule has 101 heavy (non-hydrogen) atoms. The second-order valence-corrected chi connectivity index (χ2v) is 32.2. The second kappa shape index (κ2) is 31.0. The minimum Gasteiger partial charge on any atom is -0.476 e. The smallest absolute Gasteiger partial charge is 0.410 e. The Morgan fingerprint density at radius 2 is 1.53 bits per heavy atom. The van der Waals surface area contributed by atoms with Gasteiger partial charge in [0.2, 0.25) is 11.8 Å². The van der Waals surface area contributed by atoms with E-state index in [1.54, 1.807) is 43.5 Å². The lowest BCUT2D eigenvalue weighted by Gasteiger charge is -2.69. The number of ketones is 1. The van der Waals surface area contributed by atoms with Crippen LogP contribution in [0.15, 0.2) is 97.2 Å². The van der Waals surface area contributed by atoms with Crippen molar-refractivity contribution in [1.29, 1.82) is 0 Å². The molecule has 25 nitrogen and oxygen atoms in total. The molecule has 4 atom stereocenters. The third-order valence-electron chi connectivity index (χ3n) is 20.3. The van der Waals surface area contributed by atoms with Crippen molar-refractivity contribution >= 4 is 93.2 Å². The van der Waals surface area contributed by atoms with Crippen molar-refractivity contribution in [1.82, 2.24) is 34.9 Å². The van der Waals surface area contributed by atoms with Crippen LogP contribution in [0.4, 0.5) is 21.4 Å². The average molecular weight is 1420 g/mol. The summed E-state index contributed by atoms with van der Waals surface area (Å²) < 4.78 is 33.6. The Morgan fingerprint density at radius 1 is 0.792 bits per heavy atom. The standard InChI is InChI=1S/C74H91N10O15PS/c1-47(2)64(79-61(86)18-8-7-11-29-83-62(87)25-26-63(83)88)58(85)36-48(3)66(89)76-52-21-19-50(20-22-52)39-98-70(93)81(28-13-35-100(94,95)96)31-32-97-33-34-99-74-43-71(5)40-72(6,44-74)42-73(41-71,45-74)46-84-49(4)55(37-75-84)53-23-24-60(78-65(53)68(91)92)82-30-27-51-14-12-15-54(56(51)38-82)67(90)80-69-77-57-16-9-10-17-59(57)101-69/h9-10,12,14-17,19-26,37,47-48,64H,7-8,11,13,18,27-36,38-46H2,1-6H3,(H,76,89)(H,79,86)(H,91,92)(H,77,80,90)(H2,94,95,96)/t48-,64+,71?,72?,73?,74?/m1/s1. The minimum absolute atomic E-state index is 0.00199. The van der Waals surface area contributed by atoms with Crippen LogP contribution >= 0.6 is 18.9 Å². The number of hydrogen-bond donors (Lipinski definition) is 6. The number of pyridine rings is 1. The van der Waals surface area contributed by atoms with Crippen LogP contribution in [0.5, 0.6) is 0 Å². The highest BCUT2D eigenvalue weighted by Gasteiger charge is 2.66. The Balaban J connectivity index is 0.646. The van der Waals surface area contributed by atoms with Crippen molar-refractivity contribution in [2.24, 2.45) is 28.1 Å². The van der Waals surface area contributed by atoms with E-state index in [1.807, 2.05) is 78.9 Å². The fourth-order valence-electron chi connectivity index (χ4n) is 16.7. The predicted molar refractivity (Wildman–Crippen MR) is 380 cm³/mol. The number of fused-ring (bicyclic) bond motifs is 2. The first-order valence-corrected chi connectivity index (χ1v) is 37.4. The van der Waals surface area contributed by atoms with E-state index in [9.17, 15) is 57.8 Å². The Hall–Kier alpha value is -8.52. The second-order valence-electron chi connectivity index (χ2n) is 29.4. The number of Topliss-reactive ketones (excluding diaryl/α,β-unsaturated/α-hetero) is 1. The number of carbonyl (C=O) groups is 8. The van der Waals surface area contributed by atoms with Gasteiger partial charge in [-0.25, -0.2) is 19.6 Å². The zero-order valence-electron chi connectivity index (χ0n) is 58.2. The number of para-hydroxylation sites is 1. The van der Waals surface area contributed by atoms with Crippen LogP contribution in [-0.4, -0.2) is 156 Å². The summed E-state index contributed by atoms with van der Waals surface area (Å²) in [5.74, 6) is -3.59. The molecule has 0 spiro atoms. The number of carbonyl (C=O) groups excluding carboxylic acids is 7. The highest BCUT2D eigenvalue weighted by atomic mass is 32.1. The van der Waals surface area contributed by atoms with Gasteiger partial charge >= 0.3 is 19.7 Å². The lowest BCUT2D eigenvalue weighted by molar-refractivity contribution is -0.250. The van der Waals surface area contributed by atoms with E-state index in [1.165, 1.54) is 28.4 Å². The van der Waals surface area contributed by atoms with Crippen molar-refractivity contribution in [3.63, 3.8) is 0 Å². The molecule has 4 fully saturated rings. The summed E-state index contributed by atoms with van der Waals surface area (Å²) in [6.07, 6.45) is 11.1. The number of amides is 6. The average Bonchev–Trinajstić information content (AvgIpc) is 0.824. The first-order valence-electron chi connectivity index (χ1n) is 34.8. The Bertz CT molecular complexity index is 4140. The molecule has 2 aliphatic heterocycles. The maximum Gasteiger partial charge on any atom is 0.410 e. The molecule has 3 aromatic carbocycles. The monoisotopic (exact) mass is 1420 g/mol. The van der Waals surface area contributed by atoms with Crippen LogP contribution in [0, 0.1) is 35.0 Å². The number of nitrogens with one attached hydrogen (secondary N) is 3. The Morgan fingerprint density at radius 3 is 2.25 bits per heavy atom. The van der Waals surface area contributed by atoms with Gasteiger partial charge in [0.25, 0.3) is 17.7 Å². The molecule has 4 aliphatic carbocycles. The van der Waals surface area contributed by atoms with Gasteiger partial charge in [-0.3, -0.25) is 48.2 Å². The van der Waals surface area contributed by atoms with Crippen molar-refractivity contribution in [2.75, 3.05) is 67.7 Å². The van der Waals surface area contributed by atoms with E-state index in [0.29, 0.717) is 90.8 Å². The number of rotatable bonds is 33. The van der Waals surface area contributed by atoms with Gasteiger partial charge in [0, 0.05) is 98.3 Å². The normalized spacial score (nSPS) is 21.2. The van der Waals surface area contributed by atoms with E-state index in [4.69, 9.17) is 24.3 Å². The predicted octanol–water partition coefficient (Wildman–Crippen LogP) is 10.9. The van der Waals surface area contributed by atoms with Crippen LogP contribution in [0.25, 0.3) is 21.3 Å². The molecular formula is C74H91N10O15PS. The SMILES string of the molecule is Cc1c(-c2ccc(N3CCc4cccc(C(=O)Nc5nc6ccccc6s5)c4C3)nc2C(=O)O)cnn1CC12CC3(C)CC(C)(C1)CC(OCCOCCN(CCCP(=O)(O)O)C(=O)OCc1ccc(NC(=O)[C@H](C)CC(=O)[C@@H](NC(=O)CCCCCN4C(=O)C=CC4=O)C(C)C)cc1)(C3)C2. The van der Waals surface area contributed by atoms with Gasteiger partial charge in [0.05, 0.1) is 54.0 Å². The number of hydrogen-bond acceptors (Lipinski definition) is 17. The summed E-state index contributed by atoms with van der Waals surface area (Å²) in [6.45, 7) is 14.4. The van der Waals surface area contributed by atoms with Crippen molar-refractivity contribution in [2.45, 2.75) is 156 Å². The number of thiazole rings is 1. The number of carboxylic acid groups (broad SMARTS) is 1. The molecule has 6 aliphatic rings. The number of ether oxygens (including phenoxy) is 3. The molecule has 6 aromatic rings. The van der Waals surface area contributed by atoms with Crippen LogP contribution in [-0.2, 0) is 68.9 Å². The van der Waals surface area contributed by atoms with Gasteiger partial charge in [-0.15, -0.1) is 0 Å². The number of anilines is 3.